The van der Waals surface area contributed by atoms with Gasteiger partial charge in [-0.1, -0.05) is 0 Å². The molecule has 0 fully saturated rings. The van der Waals surface area contributed by atoms with Gasteiger partial charge in [0.15, 0.2) is 0 Å². The first-order chi connectivity index (χ1) is 1.73. The maximum atomic E-state index is 8.56. The normalized spacial score (nSPS) is 10.3. The Kier molecular flexibility index (Phi) is 25.9. The summed E-state index contributed by atoms with van der Waals surface area (Å²) >= 11 is -2.86. The second kappa shape index (κ2) is 9.94. The fraction of sp³-hybridized carbons (Fsp3) is 0. The van der Waals surface area contributed by atoms with Gasteiger partial charge in [0, 0.05) is 22.4 Å². The van der Waals surface area contributed by atoms with Crippen LogP contribution in [0, 0.1) is 0 Å². The molecule has 0 rings (SSSR count). The smallest absolute Gasteiger partial charge is 0.750 e. The Morgan fingerprint density at radius 2 is 1.67 bits per heavy atom. The Morgan fingerprint density at radius 1 is 1.67 bits per heavy atom. The van der Waals surface area contributed by atoms with E-state index in [1.165, 1.54) is 0 Å². The van der Waals surface area contributed by atoms with Gasteiger partial charge in [-0.15, -0.1) is 0 Å². The summed E-state index contributed by atoms with van der Waals surface area (Å²) in [5.74, 6) is 0. The summed E-state index contributed by atoms with van der Waals surface area (Å²) in [6.07, 6.45) is 0. The third-order valence-corrected chi connectivity index (χ3v) is 0. The third kappa shape index (κ3) is 41.0. The maximum Gasteiger partial charge on any atom is 1.00 e. The minimum absolute atomic E-state index is 0. The molecular weight excluding hydrogens is 300 g/mol. The van der Waals surface area contributed by atoms with E-state index in [4.69, 9.17) is 13.3 Å². The molecule has 0 saturated carbocycles. The van der Waals surface area contributed by atoms with Crippen LogP contribution in [-0.2, 0) is 33.7 Å². The average molecular weight is 301 g/mol. The van der Waals surface area contributed by atoms with Gasteiger partial charge in [-0.05, 0) is 0 Å². The predicted octanol–water partition coefficient (Wildman–Crippen LogP) is -3.66. The molecule has 0 bridgehead atoms. The summed E-state index contributed by atoms with van der Waals surface area (Å²) in [5, 5.41) is 0. The van der Waals surface area contributed by atoms with E-state index in [0.717, 1.165) is 0 Å². The molecule has 1 N–H and O–H groups in total. The van der Waals surface area contributed by atoms with Gasteiger partial charge in [0.25, 0.3) is 0 Å². The summed E-state index contributed by atoms with van der Waals surface area (Å²) in [7, 11) is 0. The van der Waals surface area contributed by atoms with E-state index in [0.29, 0.717) is 0 Å². The van der Waals surface area contributed by atoms with Crippen LogP contribution in [0.4, 0.5) is 0 Å². The molecule has 0 aromatic rings. The standard InChI is InChI=1S/Au.Na.H2O3S/c;;1-4(2)3/h;;(H2,1,2,3)/q;+1;/p-1. The van der Waals surface area contributed by atoms with Gasteiger partial charge in [-0.25, -0.2) is 4.21 Å². The first-order valence-corrected chi connectivity index (χ1v) is 1.55. The van der Waals surface area contributed by atoms with E-state index in [1.807, 2.05) is 0 Å². The second-order valence-corrected chi connectivity index (χ2v) is 0.651. The molecule has 0 aromatic heterocycles. The van der Waals surface area contributed by atoms with Crippen LogP contribution in [0.25, 0.3) is 0 Å². The van der Waals surface area contributed by atoms with Crippen molar-refractivity contribution < 1.29 is 65.3 Å². The van der Waals surface area contributed by atoms with Crippen molar-refractivity contribution in [2.75, 3.05) is 0 Å². The molecule has 37 valence electrons. The van der Waals surface area contributed by atoms with Crippen molar-refractivity contribution in [2.24, 2.45) is 0 Å². The zero-order chi connectivity index (χ0) is 3.58. The number of hydrogen-bond acceptors (Lipinski definition) is 2. The SMILES string of the molecule is O=S([O-])O.[Au].[Na+]. The molecule has 0 aliphatic heterocycles. The fourth-order valence-electron chi connectivity index (χ4n) is 0. The molecule has 0 aromatic carbocycles. The van der Waals surface area contributed by atoms with Crippen molar-refractivity contribution >= 4 is 11.4 Å². The van der Waals surface area contributed by atoms with Crippen LogP contribution >= 0.6 is 0 Å². The van der Waals surface area contributed by atoms with Crippen LogP contribution in [0.5, 0.6) is 0 Å². The van der Waals surface area contributed by atoms with Crippen LogP contribution in [-0.4, -0.2) is 13.3 Å². The van der Waals surface area contributed by atoms with Crippen LogP contribution in [0.15, 0.2) is 0 Å². The monoisotopic (exact) mass is 301 g/mol. The molecule has 1 atom stereocenters. The van der Waals surface area contributed by atoms with Crippen molar-refractivity contribution in [3.63, 3.8) is 0 Å². The van der Waals surface area contributed by atoms with Crippen molar-refractivity contribution in [1.29, 1.82) is 0 Å². The Morgan fingerprint density at radius 3 is 1.67 bits per heavy atom. The molecular formula is HAuNaO3S. The zero-order valence-electron chi connectivity index (χ0n) is 2.97. The fourth-order valence-corrected chi connectivity index (χ4v) is 0. The number of hydrogen-bond donors (Lipinski definition) is 1. The predicted molar refractivity (Wildman–Crippen MR) is 11.5 cm³/mol. The zero-order valence-corrected chi connectivity index (χ0v) is 7.96. The third-order valence-electron chi connectivity index (χ3n) is 0. The molecule has 6 heavy (non-hydrogen) atoms. The van der Waals surface area contributed by atoms with Gasteiger partial charge < -0.3 is 9.11 Å². The van der Waals surface area contributed by atoms with Gasteiger partial charge in [0.2, 0.25) is 0 Å². The van der Waals surface area contributed by atoms with E-state index in [-0.39, 0.29) is 51.9 Å². The first kappa shape index (κ1) is 15.7. The molecule has 0 aliphatic carbocycles. The van der Waals surface area contributed by atoms with Gasteiger partial charge in [0.05, 0.1) is 11.4 Å². The second-order valence-electron chi connectivity index (χ2n) is 0.217. The Hall–Kier alpha value is 1.81. The largest absolute Gasteiger partial charge is 1.00 e. The van der Waals surface area contributed by atoms with Crippen LogP contribution in [0.3, 0.4) is 0 Å². The molecule has 0 aliphatic rings. The maximum absolute atomic E-state index is 8.56. The minimum atomic E-state index is -2.86. The topological polar surface area (TPSA) is 60.4 Å². The van der Waals surface area contributed by atoms with Crippen molar-refractivity contribution in [3.05, 3.63) is 0 Å². The molecule has 6 heteroatoms. The minimum Gasteiger partial charge on any atom is -0.750 e. The van der Waals surface area contributed by atoms with Gasteiger partial charge in [0.1, 0.15) is 0 Å². The summed E-state index contributed by atoms with van der Waals surface area (Å²) in [6.45, 7) is 0. The van der Waals surface area contributed by atoms with Gasteiger partial charge in [-0.3, -0.25) is 0 Å². The van der Waals surface area contributed by atoms with Crippen LogP contribution in [0.1, 0.15) is 0 Å². The van der Waals surface area contributed by atoms with Crippen molar-refractivity contribution in [3.8, 4) is 0 Å². The van der Waals surface area contributed by atoms with E-state index < -0.39 is 11.4 Å². The Labute approximate surface area is 75.8 Å². The first-order valence-electron chi connectivity index (χ1n) is 0.516. The molecule has 1 unspecified atom stereocenters. The molecule has 0 saturated heterocycles. The van der Waals surface area contributed by atoms with E-state index in [1.54, 1.807) is 0 Å². The van der Waals surface area contributed by atoms with Gasteiger partial charge in [-0.2, -0.15) is 0 Å². The molecule has 3 nitrogen and oxygen atoms in total. The Bertz CT molecular complexity index is 33.8. The Balaban J connectivity index is -0.0000000450. The summed E-state index contributed by atoms with van der Waals surface area (Å²) in [4.78, 5) is 0. The summed E-state index contributed by atoms with van der Waals surface area (Å²) < 4.78 is 24.1. The van der Waals surface area contributed by atoms with Crippen molar-refractivity contribution in [2.45, 2.75) is 0 Å². The van der Waals surface area contributed by atoms with Crippen LogP contribution in [0.2, 0.25) is 0 Å². The molecule has 0 spiro atoms. The van der Waals surface area contributed by atoms with E-state index >= 15 is 0 Å². The molecule has 0 heterocycles. The molecule has 0 amide bonds. The average Bonchev–Trinajstić information content (AvgIpc) is 0.811. The van der Waals surface area contributed by atoms with Crippen LogP contribution < -0.4 is 29.6 Å². The summed E-state index contributed by atoms with van der Waals surface area (Å²) in [6, 6.07) is 0. The van der Waals surface area contributed by atoms with E-state index in [9.17, 15) is 0 Å². The van der Waals surface area contributed by atoms with Gasteiger partial charge >= 0.3 is 29.6 Å². The summed E-state index contributed by atoms with van der Waals surface area (Å²) in [5.41, 5.74) is 0. The number of rotatable bonds is 0. The van der Waals surface area contributed by atoms with E-state index in [2.05, 4.69) is 0 Å². The molecule has 1 radical (unpaired) electrons. The van der Waals surface area contributed by atoms with Crippen molar-refractivity contribution in [1.82, 2.24) is 0 Å². The quantitative estimate of drug-likeness (QED) is 0.371.